The van der Waals surface area contributed by atoms with E-state index >= 15 is 0 Å². The number of halogens is 2. The summed E-state index contributed by atoms with van der Waals surface area (Å²) in [6.45, 7) is 6.78. The number of anilines is 1. The second-order valence-electron chi connectivity index (χ2n) is 7.20. The van der Waals surface area contributed by atoms with E-state index in [-0.39, 0.29) is 0 Å². The van der Waals surface area contributed by atoms with Crippen molar-refractivity contribution >= 4 is 28.9 Å². The fourth-order valence-electron chi connectivity index (χ4n) is 4.11. The highest BCUT2D eigenvalue weighted by atomic mass is 35.5. The molecule has 4 heteroatoms. The number of piperazine rings is 1. The van der Waals surface area contributed by atoms with Gasteiger partial charge in [-0.2, -0.15) is 0 Å². The zero-order valence-electron chi connectivity index (χ0n) is 14.1. The number of nitrogens with zero attached hydrogens (tertiary/aromatic N) is 2. The second kappa shape index (κ2) is 8.09. The van der Waals surface area contributed by atoms with Crippen molar-refractivity contribution in [2.45, 2.75) is 51.5 Å². The molecular weight excluding hydrogens is 327 g/mol. The lowest BCUT2D eigenvalue weighted by Gasteiger charge is -2.42. The molecule has 2 nitrogen and oxygen atoms in total. The van der Waals surface area contributed by atoms with E-state index in [1.54, 1.807) is 0 Å². The monoisotopic (exact) mass is 354 g/mol. The van der Waals surface area contributed by atoms with Crippen molar-refractivity contribution in [2.24, 2.45) is 5.92 Å². The average Bonchev–Trinajstić information content (AvgIpc) is 2.57. The van der Waals surface area contributed by atoms with Gasteiger partial charge in [-0.25, -0.2) is 0 Å². The van der Waals surface area contributed by atoms with Crippen molar-refractivity contribution in [1.29, 1.82) is 0 Å². The molecule has 0 N–H and O–H groups in total. The molecule has 0 aromatic heterocycles. The van der Waals surface area contributed by atoms with E-state index in [0.29, 0.717) is 16.1 Å². The molecule has 0 spiro atoms. The summed E-state index contributed by atoms with van der Waals surface area (Å²) in [5, 5.41) is 1.34. The maximum Gasteiger partial charge on any atom is 0.0825 e. The van der Waals surface area contributed by atoms with Crippen LogP contribution in [-0.2, 0) is 0 Å². The first-order chi connectivity index (χ1) is 11.1. The fraction of sp³-hybridized carbons (Fsp3) is 0.684. The predicted octanol–water partition coefficient (Wildman–Crippen LogP) is 5.47. The van der Waals surface area contributed by atoms with Gasteiger partial charge in [0.2, 0.25) is 0 Å². The van der Waals surface area contributed by atoms with Crippen LogP contribution in [0.15, 0.2) is 18.2 Å². The standard InChI is InChI=1S/C19H28Cl2N2/c1-15-14-23(18-9-5-8-17(20)19(18)21)13-12-22(15)11-10-16-6-3-2-4-7-16/h5,8-9,15-16H,2-4,6-7,10-14H2,1H3. The van der Waals surface area contributed by atoms with Gasteiger partial charge >= 0.3 is 0 Å². The van der Waals surface area contributed by atoms with Crippen molar-refractivity contribution in [3.8, 4) is 0 Å². The van der Waals surface area contributed by atoms with Crippen LogP contribution in [0.1, 0.15) is 45.4 Å². The van der Waals surface area contributed by atoms with Crippen LogP contribution in [0.4, 0.5) is 5.69 Å². The van der Waals surface area contributed by atoms with Crippen LogP contribution in [0.5, 0.6) is 0 Å². The topological polar surface area (TPSA) is 6.48 Å². The minimum atomic E-state index is 0.572. The van der Waals surface area contributed by atoms with Gasteiger partial charge in [0.05, 0.1) is 15.7 Å². The molecule has 2 aliphatic rings. The zero-order chi connectivity index (χ0) is 16.2. The molecular formula is C19H28Cl2N2. The highest BCUT2D eigenvalue weighted by molar-refractivity contribution is 6.43. The third-order valence-electron chi connectivity index (χ3n) is 5.59. The lowest BCUT2D eigenvalue weighted by Crippen LogP contribution is -2.52. The Balaban J connectivity index is 1.53. The molecule has 3 rings (SSSR count). The maximum absolute atomic E-state index is 6.39. The van der Waals surface area contributed by atoms with E-state index in [1.165, 1.54) is 45.1 Å². The van der Waals surface area contributed by atoms with Gasteiger partial charge < -0.3 is 4.90 Å². The van der Waals surface area contributed by atoms with Crippen molar-refractivity contribution < 1.29 is 0 Å². The normalized spacial score (nSPS) is 24.1. The molecule has 1 unspecified atom stereocenters. The summed E-state index contributed by atoms with van der Waals surface area (Å²) < 4.78 is 0. The van der Waals surface area contributed by atoms with Crippen LogP contribution in [-0.4, -0.2) is 37.1 Å². The molecule has 2 fully saturated rings. The third-order valence-corrected chi connectivity index (χ3v) is 6.40. The van der Waals surface area contributed by atoms with Gasteiger partial charge in [-0.15, -0.1) is 0 Å². The Morgan fingerprint density at radius 2 is 1.87 bits per heavy atom. The summed E-state index contributed by atoms with van der Waals surface area (Å²) in [6.07, 6.45) is 8.62. The van der Waals surface area contributed by atoms with Crippen LogP contribution in [0.3, 0.4) is 0 Å². The Morgan fingerprint density at radius 1 is 1.09 bits per heavy atom. The van der Waals surface area contributed by atoms with Gasteiger partial charge in [-0.05, 0) is 37.9 Å². The van der Waals surface area contributed by atoms with Crippen molar-refractivity contribution in [2.75, 3.05) is 31.1 Å². The first-order valence-corrected chi connectivity index (χ1v) is 9.83. The lowest BCUT2D eigenvalue weighted by molar-refractivity contribution is 0.168. The first kappa shape index (κ1) is 17.4. The summed E-state index contributed by atoms with van der Waals surface area (Å²) in [7, 11) is 0. The quantitative estimate of drug-likeness (QED) is 0.706. The average molecular weight is 355 g/mol. The maximum atomic E-state index is 6.39. The molecule has 1 heterocycles. The molecule has 23 heavy (non-hydrogen) atoms. The lowest BCUT2D eigenvalue weighted by atomic mass is 9.87. The van der Waals surface area contributed by atoms with Crippen LogP contribution in [0, 0.1) is 5.92 Å². The Hall–Kier alpha value is -0.440. The Bertz CT molecular complexity index is 514. The Morgan fingerprint density at radius 3 is 2.61 bits per heavy atom. The minimum absolute atomic E-state index is 0.572. The van der Waals surface area contributed by atoms with Crippen molar-refractivity contribution in [3.05, 3.63) is 28.2 Å². The molecule has 1 aromatic carbocycles. The van der Waals surface area contributed by atoms with Gasteiger partial charge in [-0.1, -0.05) is 61.4 Å². The van der Waals surface area contributed by atoms with Crippen molar-refractivity contribution in [3.63, 3.8) is 0 Å². The molecule has 0 bridgehead atoms. The van der Waals surface area contributed by atoms with Gasteiger partial charge in [0.1, 0.15) is 0 Å². The van der Waals surface area contributed by atoms with Gasteiger partial charge in [-0.3, -0.25) is 4.90 Å². The van der Waals surface area contributed by atoms with E-state index in [9.17, 15) is 0 Å². The number of hydrogen-bond acceptors (Lipinski definition) is 2. The third kappa shape index (κ3) is 4.35. The summed E-state index contributed by atoms with van der Waals surface area (Å²) in [5.74, 6) is 0.969. The van der Waals surface area contributed by atoms with Crippen LogP contribution in [0.25, 0.3) is 0 Å². The van der Waals surface area contributed by atoms with Crippen molar-refractivity contribution in [1.82, 2.24) is 4.90 Å². The highest BCUT2D eigenvalue weighted by Gasteiger charge is 2.26. The highest BCUT2D eigenvalue weighted by Crippen LogP contribution is 2.34. The second-order valence-corrected chi connectivity index (χ2v) is 7.98. The number of rotatable bonds is 4. The predicted molar refractivity (Wildman–Crippen MR) is 101 cm³/mol. The molecule has 1 atom stereocenters. The molecule has 128 valence electrons. The number of hydrogen-bond donors (Lipinski definition) is 0. The molecule has 1 aliphatic heterocycles. The summed E-state index contributed by atoms with van der Waals surface area (Å²) in [4.78, 5) is 5.04. The Labute approximate surface area is 150 Å². The van der Waals surface area contributed by atoms with Crippen LogP contribution >= 0.6 is 23.2 Å². The van der Waals surface area contributed by atoms with Gasteiger partial charge in [0.15, 0.2) is 0 Å². The molecule has 0 amide bonds. The summed E-state index contributed by atoms with van der Waals surface area (Å²) in [6, 6.07) is 6.50. The van der Waals surface area contributed by atoms with E-state index < -0.39 is 0 Å². The molecule has 0 radical (unpaired) electrons. The van der Waals surface area contributed by atoms with E-state index in [2.05, 4.69) is 22.8 Å². The van der Waals surface area contributed by atoms with Crippen LogP contribution < -0.4 is 4.90 Å². The van der Waals surface area contributed by atoms with Crippen LogP contribution in [0.2, 0.25) is 10.0 Å². The Kier molecular flexibility index (Phi) is 6.12. The van der Waals surface area contributed by atoms with E-state index in [1.807, 2.05) is 12.1 Å². The van der Waals surface area contributed by atoms with Gasteiger partial charge in [0, 0.05) is 25.7 Å². The molecule has 1 saturated carbocycles. The van der Waals surface area contributed by atoms with E-state index in [0.717, 1.165) is 31.2 Å². The summed E-state index contributed by atoms with van der Waals surface area (Å²) >= 11 is 12.6. The fourth-order valence-corrected chi connectivity index (χ4v) is 4.52. The molecule has 1 aliphatic carbocycles. The SMILES string of the molecule is CC1CN(c2cccc(Cl)c2Cl)CCN1CCC1CCCCC1. The largest absolute Gasteiger partial charge is 0.367 e. The smallest absolute Gasteiger partial charge is 0.0825 e. The zero-order valence-corrected chi connectivity index (χ0v) is 15.6. The number of benzene rings is 1. The minimum Gasteiger partial charge on any atom is -0.367 e. The van der Waals surface area contributed by atoms with E-state index in [4.69, 9.17) is 23.2 Å². The van der Waals surface area contributed by atoms with Gasteiger partial charge in [0.25, 0.3) is 0 Å². The molecule has 1 aromatic rings. The molecule has 1 saturated heterocycles. The first-order valence-electron chi connectivity index (χ1n) is 9.08. The summed E-state index contributed by atoms with van der Waals surface area (Å²) in [5.41, 5.74) is 1.08.